The maximum Gasteiger partial charge on any atom is 0.152 e. The van der Waals surface area contributed by atoms with Crippen LogP contribution >= 0.6 is 31.9 Å². The highest BCUT2D eigenvalue weighted by Crippen LogP contribution is 2.33. The summed E-state index contributed by atoms with van der Waals surface area (Å²) in [5, 5.41) is 1.44. The summed E-state index contributed by atoms with van der Waals surface area (Å²) in [7, 11) is -2.91. The Balaban J connectivity index is 4.55. The van der Waals surface area contributed by atoms with Crippen LogP contribution in [0.5, 0.6) is 0 Å². The first kappa shape index (κ1) is 16.9. The maximum atomic E-state index is 11.8. The molecule has 0 bridgehead atoms. The molecule has 0 aromatic heterocycles. The van der Waals surface area contributed by atoms with Crippen LogP contribution in [0.1, 0.15) is 40.0 Å². The van der Waals surface area contributed by atoms with Crippen LogP contribution in [0.15, 0.2) is 0 Å². The van der Waals surface area contributed by atoms with Gasteiger partial charge < -0.3 is 0 Å². The average Bonchev–Trinajstić information content (AvgIpc) is 2.24. The van der Waals surface area contributed by atoms with E-state index >= 15 is 0 Å². The van der Waals surface area contributed by atoms with Gasteiger partial charge in [0, 0.05) is 10.7 Å². The van der Waals surface area contributed by atoms with Gasteiger partial charge in [-0.2, -0.15) is 0 Å². The van der Waals surface area contributed by atoms with E-state index in [1.807, 2.05) is 0 Å². The van der Waals surface area contributed by atoms with Crippen molar-refractivity contribution in [3.63, 3.8) is 0 Å². The van der Waals surface area contributed by atoms with Gasteiger partial charge in [0.2, 0.25) is 0 Å². The summed E-state index contributed by atoms with van der Waals surface area (Å²) in [5.41, 5.74) is 0.0801. The SMILES string of the molecule is CCCC(CBr)(CBr)CCS(=O)(=O)C(C)C. The summed E-state index contributed by atoms with van der Waals surface area (Å²) in [6.07, 6.45) is 2.87. The Bertz CT molecular complexity index is 282. The number of rotatable bonds is 8. The Kier molecular flexibility index (Phi) is 7.79. The molecule has 0 fully saturated rings. The zero-order chi connectivity index (χ0) is 12.8. The molecule has 0 aliphatic heterocycles. The zero-order valence-corrected chi connectivity index (χ0v) is 14.3. The fraction of sp³-hybridized carbons (Fsp3) is 1.00. The lowest BCUT2D eigenvalue weighted by atomic mass is 9.85. The largest absolute Gasteiger partial charge is 0.229 e. The predicted octanol–water partition coefficient (Wildman–Crippen LogP) is 3.78. The lowest BCUT2D eigenvalue weighted by Crippen LogP contribution is -2.30. The molecule has 0 atom stereocenters. The monoisotopic (exact) mass is 376 g/mol. The maximum absolute atomic E-state index is 11.8. The third-order valence-electron chi connectivity index (χ3n) is 2.98. The topological polar surface area (TPSA) is 34.1 Å². The van der Waals surface area contributed by atoms with Crippen molar-refractivity contribution in [2.45, 2.75) is 45.3 Å². The third kappa shape index (κ3) is 5.05. The minimum absolute atomic E-state index is 0.0801. The van der Waals surface area contributed by atoms with Gasteiger partial charge in [-0.05, 0) is 32.1 Å². The Morgan fingerprint density at radius 3 is 1.94 bits per heavy atom. The van der Waals surface area contributed by atoms with Crippen molar-refractivity contribution in [2.24, 2.45) is 5.41 Å². The molecule has 0 amide bonds. The summed E-state index contributed by atoms with van der Waals surface area (Å²) in [6.45, 7) is 5.63. The first-order chi connectivity index (χ1) is 7.33. The van der Waals surface area contributed by atoms with Gasteiger partial charge in [-0.3, -0.25) is 0 Å². The minimum atomic E-state index is -2.91. The van der Waals surface area contributed by atoms with Gasteiger partial charge >= 0.3 is 0 Å². The second-order valence-corrected chi connectivity index (χ2v) is 8.48. The molecule has 0 aromatic carbocycles. The summed E-state index contributed by atoms with van der Waals surface area (Å²) in [6, 6.07) is 0. The molecule has 0 rings (SSSR count). The quantitative estimate of drug-likeness (QED) is 0.603. The van der Waals surface area contributed by atoms with Gasteiger partial charge in [0.05, 0.1) is 11.0 Å². The molecule has 0 saturated heterocycles. The molecule has 5 heteroatoms. The van der Waals surface area contributed by atoms with Crippen LogP contribution in [-0.4, -0.2) is 30.1 Å². The van der Waals surface area contributed by atoms with Crippen LogP contribution in [0, 0.1) is 5.41 Å². The van der Waals surface area contributed by atoms with Crippen LogP contribution in [0.2, 0.25) is 0 Å². The van der Waals surface area contributed by atoms with Gasteiger partial charge in [-0.15, -0.1) is 0 Å². The van der Waals surface area contributed by atoms with E-state index in [1.54, 1.807) is 13.8 Å². The van der Waals surface area contributed by atoms with E-state index in [0.717, 1.165) is 29.9 Å². The molecule has 0 radical (unpaired) electrons. The van der Waals surface area contributed by atoms with Gasteiger partial charge in [0.15, 0.2) is 9.84 Å². The van der Waals surface area contributed by atoms with Gasteiger partial charge in [-0.25, -0.2) is 8.42 Å². The third-order valence-corrected chi connectivity index (χ3v) is 7.57. The van der Waals surface area contributed by atoms with Crippen molar-refractivity contribution in [3.05, 3.63) is 0 Å². The van der Waals surface area contributed by atoms with Gasteiger partial charge in [0.25, 0.3) is 0 Å². The van der Waals surface area contributed by atoms with E-state index in [0.29, 0.717) is 5.75 Å². The summed E-state index contributed by atoms with van der Waals surface area (Å²) < 4.78 is 23.6. The first-order valence-corrected chi connectivity index (χ1v) is 9.63. The average molecular weight is 378 g/mol. The van der Waals surface area contributed by atoms with E-state index in [-0.39, 0.29) is 10.7 Å². The van der Waals surface area contributed by atoms with Crippen molar-refractivity contribution >= 4 is 41.7 Å². The summed E-state index contributed by atoms with van der Waals surface area (Å²) >= 11 is 7.03. The number of alkyl halides is 2. The van der Waals surface area contributed by atoms with E-state index in [4.69, 9.17) is 0 Å². The van der Waals surface area contributed by atoms with Gasteiger partial charge in [-0.1, -0.05) is 45.2 Å². The molecule has 0 aliphatic carbocycles. The highest BCUT2D eigenvalue weighted by atomic mass is 79.9. The molecule has 16 heavy (non-hydrogen) atoms. The van der Waals surface area contributed by atoms with Crippen molar-refractivity contribution in [1.29, 1.82) is 0 Å². The second kappa shape index (κ2) is 7.37. The second-order valence-electron chi connectivity index (χ2n) is 4.68. The predicted molar refractivity (Wildman–Crippen MR) is 78.5 cm³/mol. The van der Waals surface area contributed by atoms with Crippen LogP contribution in [0.25, 0.3) is 0 Å². The molecule has 0 saturated carbocycles. The highest BCUT2D eigenvalue weighted by Gasteiger charge is 2.29. The van der Waals surface area contributed by atoms with Crippen molar-refractivity contribution in [2.75, 3.05) is 16.4 Å². The summed E-state index contributed by atoms with van der Waals surface area (Å²) in [5.74, 6) is 0.294. The zero-order valence-electron chi connectivity index (χ0n) is 10.3. The standard InChI is InChI=1S/C11H22Br2O2S/c1-4-5-11(8-12,9-13)6-7-16(14,15)10(2)3/h10H,4-9H2,1-3H3. The van der Waals surface area contributed by atoms with E-state index < -0.39 is 9.84 Å². The Labute approximate surface area is 117 Å². The Hall–Kier alpha value is 0.910. The summed E-state index contributed by atoms with van der Waals surface area (Å²) in [4.78, 5) is 0. The number of halogens is 2. The lowest BCUT2D eigenvalue weighted by Gasteiger charge is -2.29. The number of hydrogen-bond acceptors (Lipinski definition) is 2. The molecular formula is C11H22Br2O2S. The Morgan fingerprint density at radius 1 is 1.12 bits per heavy atom. The molecule has 2 nitrogen and oxygen atoms in total. The molecule has 0 unspecified atom stereocenters. The van der Waals surface area contributed by atoms with Crippen molar-refractivity contribution in [1.82, 2.24) is 0 Å². The molecular weight excluding hydrogens is 356 g/mol. The fourth-order valence-electron chi connectivity index (χ4n) is 1.55. The first-order valence-electron chi connectivity index (χ1n) is 5.67. The molecule has 0 aromatic rings. The number of sulfone groups is 1. The molecule has 0 aliphatic rings. The van der Waals surface area contributed by atoms with E-state index in [2.05, 4.69) is 38.8 Å². The van der Waals surface area contributed by atoms with Crippen molar-refractivity contribution < 1.29 is 8.42 Å². The van der Waals surface area contributed by atoms with E-state index in [1.165, 1.54) is 0 Å². The number of hydrogen-bond donors (Lipinski definition) is 0. The van der Waals surface area contributed by atoms with E-state index in [9.17, 15) is 8.42 Å². The minimum Gasteiger partial charge on any atom is -0.229 e. The van der Waals surface area contributed by atoms with Crippen LogP contribution in [0.3, 0.4) is 0 Å². The molecule has 0 N–H and O–H groups in total. The van der Waals surface area contributed by atoms with Gasteiger partial charge in [0.1, 0.15) is 0 Å². The molecule has 0 heterocycles. The molecule has 98 valence electrons. The molecule has 0 spiro atoms. The lowest BCUT2D eigenvalue weighted by molar-refractivity contribution is 0.341. The highest BCUT2D eigenvalue weighted by molar-refractivity contribution is 9.09. The normalized spacial score (nSPS) is 13.4. The van der Waals surface area contributed by atoms with Crippen molar-refractivity contribution in [3.8, 4) is 0 Å². The fourth-order valence-corrected chi connectivity index (χ4v) is 4.79. The van der Waals surface area contributed by atoms with Crippen LogP contribution in [-0.2, 0) is 9.84 Å². The Morgan fingerprint density at radius 2 is 1.62 bits per heavy atom. The smallest absolute Gasteiger partial charge is 0.152 e. The van der Waals surface area contributed by atoms with Crippen LogP contribution in [0.4, 0.5) is 0 Å². The van der Waals surface area contributed by atoms with Crippen LogP contribution < -0.4 is 0 Å².